The number of anilines is 1. The molecule has 3 aromatic rings. The Hall–Kier alpha value is -3.20. The van der Waals surface area contributed by atoms with Gasteiger partial charge in [-0.25, -0.2) is 9.07 Å². The minimum absolute atomic E-state index is 0.00783. The highest BCUT2D eigenvalue weighted by atomic mass is 32.2. The fourth-order valence-corrected chi connectivity index (χ4v) is 2.89. The maximum absolute atomic E-state index is 14.1. The van der Waals surface area contributed by atoms with Crippen molar-refractivity contribution in [3.05, 3.63) is 76.9 Å². The minimum atomic E-state index is -0.505. The second kappa shape index (κ2) is 7.79. The van der Waals surface area contributed by atoms with Crippen molar-refractivity contribution in [3.8, 4) is 5.69 Å². The third-order valence-electron chi connectivity index (χ3n) is 3.40. The summed E-state index contributed by atoms with van der Waals surface area (Å²) in [4.78, 5) is 22.9. The van der Waals surface area contributed by atoms with Crippen LogP contribution in [0.1, 0.15) is 0 Å². The van der Waals surface area contributed by atoms with Crippen LogP contribution in [0.15, 0.2) is 65.8 Å². The summed E-state index contributed by atoms with van der Waals surface area (Å²) < 4.78 is 15.5. The van der Waals surface area contributed by atoms with E-state index in [0.717, 1.165) is 4.90 Å². The van der Waals surface area contributed by atoms with Crippen molar-refractivity contribution in [2.45, 2.75) is 4.90 Å². The molecule has 3 rings (SSSR count). The van der Waals surface area contributed by atoms with Crippen LogP contribution in [0.25, 0.3) is 5.69 Å². The Morgan fingerprint density at radius 2 is 2.04 bits per heavy atom. The molecule has 0 spiro atoms. The first-order valence-electron chi connectivity index (χ1n) is 7.49. The van der Waals surface area contributed by atoms with Crippen LogP contribution in [0.4, 0.5) is 15.8 Å². The summed E-state index contributed by atoms with van der Waals surface area (Å²) in [6.07, 6.45) is 3.17. The van der Waals surface area contributed by atoms with E-state index >= 15 is 0 Å². The number of nitro benzene ring substituents is 1. The van der Waals surface area contributed by atoms with E-state index in [1.54, 1.807) is 36.7 Å². The van der Waals surface area contributed by atoms with E-state index in [4.69, 9.17) is 0 Å². The first-order chi connectivity index (χ1) is 12.5. The highest BCUT2D eigenvalue weighted by Gasteiger charge is 2.10. The fraction of sp³-hybridized carbons (Fsp3) is 0.0588. The van der Waals surface area contributed by atoms with Gasteiger partial charge in [-0.3, -0.25) is 14.9 Å². The summed E-state index contributed by atoms with van der Waals surface area (Å²) in [5.41, 5.74) is 0.618. The van der Waals surface area contributed by atoms with Crippen molar-refractivity contribution < 1.29 is 14.1 Å². The Morgan fingerprint density at radius 1 is 1.27 bits per heavy atom. The van der Waals surface area contributed by atoms with Crippen LogP contribution >= 0.6 is 11.8 Å². The molecule has 9 heteroatoms. The maximum Gasteiger partial charge on any atom is 0.269 e. The standard InChI is InChI=1S/C17H13FN4O3S/c18-15-10-12(2-7-16(15)21-9-1-8-19-21)20-17(23)11-26-14-5-3-13(4-6-14)22(24)25/h1-10H,11H2,(H,20,23). The maximum atomic E-state index is 14.1. The molecular weight excluding hydrogens is 359 g/mol. The topological polar surface area (TPSA) is 90.1 Å². The molecule has 1 N–H and O–H groups in total. The van der Waals surface area contributed by atoms with Crippen LogP contribution in [0.5, 0.6) is 0 Å². The normalized spacial score (nSPS) is 10.5. The Morgan fingerprint density at radius 3 is 2.65 bits per heavy atom. The summed E-state index contributed by atoms with van der Waals surface area (Å²) in [6.45, 7) is 0. The largest absolute Gasteiger partial charge is 0.325 e. The number of rotatable bonds is 6. The third-order valence-corrected chi connectivity index (χ3v) is 4.41. The molecule has 0 saturated heterocycles. The van der Waals surface area contributed by atoms with E-state index in [0.29, 0.717) is 5.69 Å². The lowest BCUT2D eigenvalue weighted by molar-refractivity contribution is -0.384. The summed E-state index contributed by atoms with van der Waals surface area (Å²) in [7, 11) is 0. The van der Waals surface area contributed by atoms with Crippen molar-refractivity contribution in [1.82, 2.24) is 9.78 Å². The molecule has 0 fully saturated rings. The van der Waals surface area contributed by atoms with E-state index in [9.17, 15) is 19.3 Å². The van der Waals surface area contributed by atoms with Crippen LogP contribution in [0, 0.1) is 15.9 Å². The van der Waals surface area contributed by atoms with Gasteiger partial charge in [0.05, 0.1) is 10.7 Å². The van der Waals surface area contributed by atoms with E-state index in [1.165, 1.54) is 40.7 Å². The number of carbonyl (C=O) groups excluding carboxylic acids is 1. The lowest BCUT2D eigenvalue weighted by atomic mass is 10.2. The summed E-state index contributed by atoms with van der Waals surface area (Å²) >= 11 is 1.23. The average molecular weight is 372 g/mol. The van der Waals surface area contributed by atoms with Gasteiger partial charge >= 0.3 is 0 Å². The molecule has 0 atom stereocenters. The number of non-ortho nitro benzene ring substituents is 1. The van der Waals surface area contributed by atoms with E-state index in [1.807, 2.05) is 0 Å². The second-order valence-corrected chi connectivity index (χ2v) is 6.25. The number of thioether (sulfide) groups is 1. The smallest absolute Gasteiger partial charge is 0.269 e. The molecule has 0 aliphatic carbocycles. The monoisotopic (exact) mass is 372 g/mol. The molecule has 0 unspecified atom stereocenters. The van der Waals surface area contributed by atoms with Gasteiger partial charge in [-0.05, 0) is 36.4 Å². The van der Waals surface area contributed by atoms with Crippen LogP contribution in [-0.2, 0) is 4.79 Å². The van der Waals surface area contributed by atoms with Gasteiger partial charge in [0.15, 0.2) is 5.82 Å². The van der Waals surface area contributed by atoms with E-state index in [-0.39, 0.29) is 23.0 Å². The van der Waals surface area contributed by atoms with Crippen molar-refractivity contribution in [2.24, 2.45) is 0 Å². The molecule has 26 heavy (non-hydrogen) atoms. The van der Waals surface area contributed by atoms with Crippen molar-refractivity contribution in [1.29, 1.82) is 0 Å². The number of hydrogen-bond donors (Lipinski definition) is 1. The van der Waals surface area contributed by atoms with Gasteiger partial charge in [0.25, 0.3) is 5.69 Å². The van der Waals surface area contributed by atoms with Gasteiger partial charge in [-0.2, -0.15) is 5.10 Å². The number of nitrogens with one attached hydrogen (secondary N) is 1. The molecule has 1 amide bonds. The predicted octanol–water partition coefficient (Wildman–Crippen LogP) is 3.65. The number of aromatic nitrogens is 2. The number of nitrogens with zero attached hydrogens (tertiary/aromatic N) is 3. The Kier molecular flexibility index (Phi) is 5.28. The zero-order valence-corrected chi connectivity index (χ0v) is 14.1. The van der Waals surface area contributed by atoms with Crippen LogP contribution in [0.3, 0.4) is 0 Å². The summed E-state index contributed by atoms with van der Waals surface area (Å²) in [6, 6.07) is 11.9. The number of amides is 1. The predicted molar refractivity (Wildman–Crippen MR) is 96.0 cm³/mol. The molecule has 1 aromatic heterocycles. The first kappa shape index (κ1) is 17.6. The van der Waals surface area contributed by atoms with Gasteiger partial charge < -0.3 is 5.32 Å². The Bertz CT molecular complexity index is 930. The van der Waals surface area contributed by atoms with Crippen LogP contribution in [-0.4, -0.2) is 26.4 Å². The second-order valence-electron chi connectivity index (χ2n) is 5.20. The first-order valence-corrected chi connectivity index (χ1v) is 8.48. The molecule has 0 aliphatic rings. The van der Waals surface area contributed by atoms with Crippen molar-refractivity contribution in [2.75, 3.05) is 11.1 Å². The SMILES string of the molecule is O=C(CSc1ccc([N+](=O)[O-])cc1)Nc1ccc(-n2cccn2)c(F)c1. The van der Waals surface area contributed by atoms with Gasteiger partial charge in [-0.15, -0.1) is 11.8 Å². The average Bonchev–Trinajstić information content (AvgIpc) is 3.15. The quantitative estimate of drug-likeness (QED) is 0.405. The molecule has 132 valence electrons. The molecule has 0 radical (unpaired) electrons. The Labute approximate surface area is 152 Å². The fourth-order valence-electron chi connectivity index (χ4n) is 2.19. The lowest BCUT2D eigenvalue weighted by Crippen LogP contribution is -2.14. The lowest BCUT2D eigenvalue weighted by Gasteiger charge is -2.08. The molecule has 2 aromatic carbocycles. The number of hydrogen-bond acceptors (Lipinski definition) is 5. The number of carbonyl (C=O) groups is 1. The van der Waals surface area contributed by atoms with Gasteiger partial charge in [0, 0.05) is 35.1 Å². The molecule has 7 nitrogen and oxygen atoms in total. The molecule has 0 aliphatic heterocycles. The zero-order chi connectivity index (χ0) is 18.5. The molecular formula is C17H13FN4O3S. The van der Waals surface area contributed by atoms with E-state index < -0.39 is 10.7 Å². The summed E-state index contributed by atoms with van der Waals surface area (Å²) in [5, 5.41) is 17.2. The van der Waals surface area contributed by atoms with Gasteiger partial charge in [0.2, 0.25) is 5.91 Å². The zero-order valence-electron chi connectivity index (χ0n) is 13.3. The number of nitro groups is 1. The van der Waals surface area contributed by atoms with Crippen LogP contribution < -0.4 is 5.32 Å². The highest BCUT2D eigenvalue weighted by Crippen LogP contribution is 2.22. The highest BCUT2D eigenvalue weighted by molar-refractivity contribution is 8.00. The molecule has 0 saturated carbocycles. The van der Waals surface area contributed by atoms with Crippen molar-refractivity contribution >= 4 is 29.0 Å². The molecule has 0 bridgehead atoms. The number of benzene rings is 2. The number of halogens is 1. The third kappa shape index (κ3) is 4.25. The van der Waals surface area contributed by atoms with Gasteiger partial charge in [0.1, 0.15) is 5.69 Å². The molecule has 1 heterocycles. The minimum Gasteiger partial charge on any atom is -0.325 e. The Balaban J connectivity index is 1.58. The van der Waals surface area contributed by atoms with Crippen LogP contribution in [0.2, 0.25) is 0 Å². The van der Waals surface area contributed by atoms with Crippen molar-refractivity contribution in [3.63, 3.8) is 0 Å². The van der Waals surface area contributed by atoms with Gasteiger partial charge in [-0.1, -0.05) is 0 Å². The summed E-state index contributed by atoms with van der Waals surface area (Å²) in [5.74, 6) is -0.713. The van der Waals surface area contributed by atoms with E-state index in [2.05, 4.69) is 10.4 Å².